The van der Waals surface area contributed by atoms with Crippen LogP contribution in [0.5, 0.6) is 0 Å². The summed E-state index contributed by atoms with van der Waals surface area (Å²) in [6, 6.07) is 7.79. The summed E-state index contributed by atoms with van der Waals surface area (Å²) in [5.41, 5.74) is 1.51. The maximum atomic E-state index is 10.8. The molecule has 1 aromatic carbocycles. The molecular formula is C18H27NO2. The number of carbonyl (C=O) groups is 1. The van der Waals surface area contributed by atoms with Gasteiger partial charge in [0.2, 0.25) is 0 Å². The fraction of sp³-hybridized carbons (Fsp3) is 0.611. The van der Waals surface area contributed by atoms with Gasteiger partial charge >= 0.3 is 5.97 Å². The van der Waals surface area contributed by atoms with Gasteiger partial charge in [0.1, 0.15) is 0 Å². The Kier molecular flexibility index (Phi) is 5.80. The minimum atomic E-state index is -0.863. The van der Waals surface area contributed by atoms with Crippen LogP contribution in [-0.4, -0.2) is 17.1 Å². The van der Waals surface area contributed by atoms with Gasteiger partial charge in [-0.3, -0.25) is 0 Å². The molecule has 0 aromatic heterocycles. The van der Waals surface area contributed by atoms with Crippen LogP contribution in [0.25, 0.3) is 0 Å². The molecule has 2 atom stereocenters. The van der Waals surface area contributed by atoms with E-state index < -0.39 is 5.97 Å². The van der Waals surface area contributed by atoms with Crippen molar-refractivity contribution in [2.24, 2.45) is 11.8 Å². The summed E-state index contributed by atoms with van der Waals surface area (Å²) in [7, 11) is 0. The van der Waals surface area contributed by atoms with Crippen molar-refractivity contribution in [2.75, 3.05) is 0 Å². The largest absolute Gasteiger partial charge is 0.478 e. The number of aromatic carboxylic acids is 1. The summed E-state index contributed by atoms with van der Waals surface area (Å²) in [5, 5.41) is 12.5. The molecule has 1 aromatic rings. The predicted octanol–water partition coefficient (Wildman–Crippen LogP) is 4.08. The van der Waals surface area contributed by atoms with Gasteiger partial charge in [-0.25, -0.2) is 4.79 Å². The SMILES string of the molecule is CC(C)CC1CCCC(NCc2ccc(C(=O)O)cc2)C1. The Labute approximate surface area is 127 Å². The van der Waals surface area contributed by atoms with Crippen molar-refractivity contribution in [1.82, 2.24) is 5.32 Å². The van der Waals surface area contributed by atoms with Crippen molar-refractivity contribution in [3.8, 4) is 0 Å². The zero-order valence-electron chi connectivity index (χ0n) is 13.1. The van der Waals surface area contributed by atoms with Gasteiger partial charge < -0.3 is 10.4 Å². The average Bonchev–Trinajstić information content (AvgIpc) is 2.45. The summed E-state index contributed by atoms with van der Waals surface area (Å²) in [6.45, 7) is 5.45. The highest BCUT2D eigenvalue weighted by atomic mass is 16.4. The molecule has 0 saturated heterocycles. The normalized spacial score (nSPS) is 22.4. The van der Waals surface area contributed by atoms with E-state index >= 15 is 0 Å². The lowest BCUT2D eigenvalue weighted by molar-refractivity contribution is 0.0697. The maximum Gasteiger partial charge on any atom is 0.335 e. The van der Waals surface area contributed by atoms with Crippen LogP contribution < -0.4 is 5.32 Å². The fourth-order valence-electron chi connectivity index (χ4n) is 3.38. The number of benzene rings is 1. The van der Waals surface area contributed by atoms with E-state index in [1.807, 2.05) is 12.1 Å². The van der Waals surface area contributed by atoms with E-state index in [4.69, 9.17) is 5.11 Å². The molecule has 1 fully saturated rings. The van der Waals surface area contributed by atoms with E-state index in [0.29, 0.717) is 11.6 Å². The first-order valence-corrected chi connectivity index (χ1v) is 8.10. The third-order valence-corrected chi connectivity index (χ3v) is 4.38. The van der Waals surface area contributed by atoms with Crippen LogP contribution in [0.15, 0.2) is 24.3 Å². The van der Waals surface area contributed by atoms with E-state index in [0.717, 1.165) is 23.9 Å². The molecule has 0 amide bonds. The molecule has 0 aliphatic heterocycles. The molecule has 3 nitrogen and oxygen atoms in total. The smallest absolute Gasteiger partial charge is 0.335 e. The molecule has 3 heteroatoms. The highest BCUT2D eigenvalue weighted by molar-refractivity contribution is 5.87. The minimum absolute atomic E-state index is 0.355. The van der Waals surface area contributed by atoms with Gasteiger partial charge in [-0.05, 0) is 48.8 Å². The summed E-state index contributed by atoms with van der Waals surface area (Å²) >= 11 is 0. The Bertz CT molecular complexity index is 453. The molecule has 1 aliphatic carbocycles. The van der Waals surface area contributed by atoms with Crippen LogP contribution in [0.3, 0.4) is 0 Å². The molecule has 21 heavy (non-hydrogen) atoms. The lowest BCUT2D eigenvalue weighted by Crippen LogP contribution is -2.34. The van der Waals surface area contributed by atoms with E-state index in [2.05, 4.69) is 19.2 Å². The second kappa shape index (κ2) is 7.60. The number of hydrogen-bond donors (Lipinski definition) is 2. The first-order valence-electron chi connectivity index (χ1n) is 8.10. The first-order chi connectivity index (χ1) is 10.0. The summed E-state index contributed by atoms with van der Waals surface area (Å²) < 4.78 is 0. The number of carboxylic acid groups (broad SMARTS) is 1. The van der Waals surface area contributed by atoms with Crippen molar-refractivity contribution in [2.45, 2.75) is 58.5 Å². The molecule has 1 saturated carbocycles. The molecule has 0 radical (unpaired) electrons. The van der Waals surface area contributed by atoms with E-state index in [1.165, 1.54) is 32.1 Å². The van der Waals surface area contributed by atoms with Crippen LogP contribution in [0.1, 0.15) is 61.9 Å². The molecule has 116 valence electrons. The van der Waals surface area contributed by atoms with Crippen molar-refractivity contribution >= 4 is 5.97 Å². The lowest BCUT2D eigenvalue weighted by Gasteiger charge is -2.31. The van der Waals surface area contributed by atoms with Gasteiger partial charge in [-0.2, -0.15) is 0 Å². The van der Waals surface area contributed by atoms with E-state index in [9.17, 15) is 4.79 Å². The molecule has 0 heterocycles. The predicted molar refractivity (Wildman–Crippen MR) is 85.4 cm³/mol. The van der Waals surface area contributed by atoms with Crippen molar-refractivity contribution in [1.29, 1.82) is 0 Å². The van der Waals surface area contributed by atoms with Crippen LogP contribution in [0.2, 0.25) is 0 Å². The van der Waals surface area contributed by atoms with E-state index in [-0.39, 0.29) is 0 Å². The van der Waals surface area contributed by atoms with Gasteiger partial charge in [0, 0.05) is 12.6 Å². The third kappa shape index (κ3) is 5.16. The van der Waals surface area contributed by atoms with Crippen LogP contribution in [-0.2, 0) is 6.54 Å². The molecular weight excluding hydrogens is 262 g/mol. The monoisotopic (exact) mass is 289 g/mol. The number of rotatable bonds is 6. The second-order valence-corrected chi connectivity index (χ2v) is 6.74. The molecule has 2 unspecified atom stereocenters. The van der Waals surface area contributed by atoms with Gasteiger partial charge in [-0.1, -0.05) is 38.8 Å². The molecule has 1 aliphatic rings. The summed E-state index contributed by atoms with van der Waals surface area (Å²) in [5.74, 6) is 0.793. The highest BCUT2D eigenvalue weighted by Crippen LogP contribution is 2.29. The highest BCUT2D eigenvalue weighted by Gasteiger charge is 2.22. The molecule has 0 spiro atoms. The van der Waals surface area contributed by atoms with Crippen molar-refractivity contribution < 1.29 is 9.90 Å². The quantitative estimate of drug-likeness (QED) is 0.829. The second-order valence-electron chi connectivity index (χ2n) is 6.74. The third-order valence-electron chi connectivity index (χ3n) is 4.38. The first kappa shape index (κ1) is 16.0. The topological polar surface area (TPSA) is 49.3 Å². The Morgan fingerprint density at radius 1 is 1.29 bits per heavy atom. The van der Waals surface area contributed by atoms with Crippen LogP contribution in [0.4, 0.5) is 0 Å². The molecule has 2 rings (SSSR count). The standard InChI is InChI=1S/C18H27NO2/c1-13(2)10-15-4-3-5-17(11-15)19-12-14-6-8-16(9-7-14)18(20)21/h6-9,13,15,17,19H,3-5,10-12H2,1-2H3,(H,20,21). The molecule has 2 N–H and O–H groups in total. The van der Waals surface area contributed by atoms with Gasteiger partial charge in [0.15, 0.2) is 0 Å². The van der Waals surface area contributed by atoms with Crippen molar-refractivity contribution in [3.05, 3.63) is 35.4 Å². The fourth-order valence-corrected chi connectivity index (χ4v) is 3.38. The maximum absolute atomic E-state index is 10.8. The molecule has 0 bridgehead atoms. The number of nitrogens with one attached hydrogen (secondary N) is 1. The Balaban J connectivity index is 1.80. The Hall–Kier alpha value is -1.35. The number of hydrogen-bond acceptors (Lipinski definition) is 2. The van der Waals surface area contributed by atoms with Gasteiger partial charge in [0.25, 0.3) is 0 Å². The van der Waals surface area contributed by atoms with Crippen molar-refractivity contribution in [3.63, 3.8) is 0 Å². The van der Waals surface area contributed by atoms with E-state index in [1.54, 1.807) is 12.1 Å². The number of carboxylic acids is 1. The Morgan fingerprint density at radius 2 is 2.00 bits per heavy atom. The summed E-state index contributed by atoms with van der Waals surface area (Å²) in [6.07, 6.45) is 6.59. The lowest BCUT2D eigenvalue weighted by atomic mass is 9.81. The van der Waals surface area contributed by atoms with Crippen LogP contribution >= 0.6 is 0 Å². The van der Waals surface area contributed by atoms with Gasteiger partial charge in [-0.15, -0.1) is 0 Å². The summed E-state index contributed by atoms with van der Waals surface area (Å²) in [4.78, 5) is 10.8. The van der Waals surface area contributed by atoms with Crippen LogP contribution in [0, 0.1) is 11.8 Å². The Morgan fingerprint density at radius 3 is 2.62 bits per heavy atom. The van der Waals surface area contributed by atoms with Gasteiger partial charge in [0.05, 0.1) is 5.56 Å². The zero-order valence-corrected chi connectivity index (χ0v) is 13.1. The minimum Gasteiger partial charge on any atom is -0.478 e. The zero-order chi connectivity index (χ0) is 15.2. The average molecular weight is 289 g/mol.